The van der Waals surface area contributed by atoms with Gasteiger partial charge in [-0.3, -0.25) is 0 Å². The highest BCUT2D eigenvalue weighted by Crippen LogP contribution is 2.24. The molecule has 1 aromatic heterocycles. The number of rotatable bonds is 3. The molecule has 15 heavy (non-hydrogen) atoms. The first-order chi connectivity index (χ1) is 6.92. The summed E-state index contributed by atoms with van der Waals surface area (Å²) < 4.78 is 5.64. The first kappa shape index (κ1) is 11.6. The van der Waals surface area contributed by atoms with Crippen molar-refractivity contribution in [3.63, 3.8) is 0 Å². The van der Waals surface area contributed by atoms with Gasteiger partial charge >= 0.3 is 0 Å². The number of hydrogen-bond acceptors (Lipinski definition) is 4. The summed E-state index contributed by atoms with van der Waals surface area (Å²) in [4.78, 5) is 4.29. The van der Waals surface area contributed by atoms with Crippen molar-refractivity contribution >= 4 is 11.5 Å². The normalized spacial score (nSPS) is 11.2. The summed E-state index contributed by atoms with van der Waals surface area (Å²) in [7, 11) is 0. The summed E-state index contributed by atoms with van der Waals surface area (Å²) in [5.41, 5.74) is 6.05. The molecule has 0 aliphatic rings. The lowest BCUT2D eigenvalue weighted by Gasteiger charge is -2.21. The van der Waals surface area contributed by atoms with E-state index in [4.69, 9.17) is 10.5 Å². The van der Waals surface area contributed by atoms with Gasteiger partial charge in [-0.05, 0) is 39.8 Å². The molecule has 0 bridgehead atoms. The van der Waals surface area contributed by atoms with Crippen LogP contribution in [0.5, 0.6) is 5.88 Å². The minimum atomic E-state index is -0.286. The summed E-state index contributed by atoms with van der Waals surface area (Å²) in [6.07, 6.45) is 0. The molecule has 0 aromatic carbocycles. The Morgan fingerprint density at radius 3 is 2.60 bits per heavy atom. The molecule has 0 fully saturated rings. The van der Waals surface area contributed by atoms with Crippen LogP contribution in [0, 0.1) is 0 Å². The standard InChI is InChI=1S/C11H19N3O/c1-5-13-9-7-6-8(12)10(14-9)15-11(2,3)4/h6-7H,5,12H2,1-4H3,(H,13,14). The van der Waals surface area contributed by atoms with Gasteiger partial charge in [0.2, 0.25) is 5.88 Å². The van der Waals surface area contributed by atoms with E-state index in [1.54, 1.807) is 6.07 Å². The number of nitrogen functional groups attached to an aromatic ring is 1. The lowest BCUT2D eigenvalue weighted by Crippen LogP contribution is -2.24. The van der Waals surface area contributed by atoms with Crippen LogP contribution >= 0.6 is 0 Å². The SMILES string of the molecule is CCNc1ccc(N)c(OC(C)(C)C)n1. The molecule has 1 aromatic rings. The largest absolute Gasteiger partial charge is 0.470 e. The van der Waals surface area contributed by atoms with Crippen LogP contribution in [0.4, 0.5) is 11.5 Å². The van der Waals surface area contributed by atoms with Crippen molar-refractivity contribution < 1.29 is 4.74 Å². The van der Waals surface area contributed by atoms with E-state index in [1.165, 1.54) is 0 Å². The van der Waals surface area contributed by atoms with E-state index in [0.717, 1.165) is 12.4 Å². The zero-order valence-electron chi connectivity index (χ0n) is 9.79. The number of hydrogen-bond donors (Lipinski definition) is 2. The van der Waals surface area contributed by atoms with Crippen molar-refractivity contribution in [2.24, 2.45) is 0 Å². The van der Waals surface area contributed by atoms with E-state index >= 15 is 0 Å². The average Bonchev–Trinajstić information content (AvgIpc) is 2.09. The Morgan fingerprint density at radius 2 is 2.07 bits per heavy atom. The molecule has 0 unspecified atom stereocenters. The van der Waals surface area contributed by atoms with Crippen LogP contribution in [0.1, 0.15) is 27.7 Å². The Kier molecular flexibility index (Phi) is 3.39. The third kappa shape index (κ3) is 3.65. The number of nitrogens with one attached hydrogen (secondary N) is 1. The van der Waals surface area contributed by atoms with Gasteiger partial charge in [0.15, 0.2) is 0 Å². The Bertz CT molecular complexity index is 331. The van der Waals surface area contributed by atoms with Crippen molar-refractivity contribution in [2.75, 3.05) is 17.6 Å². The molecule has 0 saturated carbocycles. The van der Waals surface area contributed by atoms with Gasteiger partial charge in [-0.25, -0.2) is 0 Å². The van der Waals surface area contributed by atoms with Crippen molar-refractivity contribution in [3.8, 4) is 5.88 Å². The van der Waals surface area contributed by atoms with Gasteiger partial charge in [-0.2, -0.15) is 4.98 Å². The van der Waals surface area contributed by atoms with Crippen LogP contribution in [0.15, 0.2) is 12.1 Å². The van der Waals surface area contributed by atoms with Crippen molar-refractivity contribution in [3.05, 3.63) is 12.1 Å². The fourth-order valence-electron chi connectivity index (χ4n) is 1.10. The van der Waals surface area contributed by atoms with Gasteiger partial charge in [0, 0.05) is 6.54 Å². The van der Waals surface area contributed by atoms with Crippen LogP contribution in [0.25, 0.3) is 0 Å². The quantitative estimate of drug-likeness (QED) is 0.801. The molecule has 0 radical (unpaired) electrons. The summed E-state index contributed by atoms with van der Waals surface area (Å²) in [5.74, 6) is 1.27. The van der Waals surface area contributed by atoms with Crippen LogP contribution in [0.2, 0.25) is 0 Å². The molecule has 0 aliphatic heterocycles. The van der Waals surface area contributed by atoms with Crippen molar-refractivity contribution in [1.82, 2.24) is 4.98 Å². The highest BCUT2D eigenvalue weighted by Gasteiger charge is 2.15. The summed E-state index contributed by atoms with van der Waals surface area (Å²) >= 11 is 0. The van der Waals surface area contributed by atoms with Crippen molar-refractivity contribution in [1.29, 1.82) is 0 Å². The number of pyridine rings is 1. The van der Waals surface area contributed by atoms with Crippen LogP contribution in [-0.2, 0) is 0 Å². The molecule has 0 spiro atoms. The number of ether oxygens (including phenoxy) is 1. The smallest absolute Gasteiger partial charge is 0.239 e. The maximum absolute atomic E-state index is 5.78. The van der Waals surface area contributed by atoms with E-state index in [0.29, 0.717) is 11.6 Å². The topological polar surface area (TPSA) is 60.2 Å². The summed E-state index contributed by atoms with van der Waals surface area (Å²) in [5, 5.41) is 3.11. The fraction of sp³-hybridized carbons (Fsp3) is 0.545. The molecular formula is C11H19N3O. The number of nitrogens with two attached hydrogens (primary N) is 1. The molecule has 4 nitrogen and oxygen atoms in total. The van der Waals surface area contributed by atoms with Crippen LogP contribution in [-0.4, -0.2) is 17.1 Å². The molecule has 1 rings (SSSR count). The maximum atomic E-state index is 5.78. The molecule has 0 atom stereocenters. The molecule has 0 amide bonds. The number of anilines is 2. The number of nitrogens with zero attached hydrogens (tertiary/aromatic N) is 1. The van der Waals surface area contributed by atoms with Crippen LogP contribution in [0.3, 0.4) is 0 Å². The van der Waals surface area contributed by atoms with E-state index < -0.39 is 0 Å². The Labute approximate surface area is 90.8 Å². The van der Waals surface area contributed by atoms with E-state index in [9.17, 15) is 0 Å². The fourth-order valence-corrected chi connectivity index (χ4v) is 1.10. The van der Waals surface area contributed by atoms with Gasteiger partial charge in [0.1, 0.15) is 11.4 Å². The number of aromatic nitrogens is 1. The summed E-state index contributed by atoms with van der Waals surface area (Å²) in [6.45, 7) is 8.74. The zero-order valence-corrected chi connectivity index (χ0v) is 9.79. The second kappa shape index (κ2) is 4.38. The Hall–Kier alpha value is -1.45. The van der Waals surface area contributed by atoms with Gasteiger partial charge in [-0.15, -0.1) is 0 Å². The third-order valence-electron chi connectivity index (χ3n) is 1.65. The first-order valence-electron chi connectivity index (χ1n) is 5.12. The highest BCUT2D eigenvalue weighted by molar-refractivity contribution is 5.53. The van der Waals surface area contributed by atoms with Gasteiger partial charge < -0.3 is 15.8 Å². The second-order valence-corrected chi connectivity index (χ2v) is 4.34. The average molecular weight is 209 g/mol. The van der Waals surface area contributed by atoms with Gasteiger partial charge in [0.05, 0.1) is 5.69 Å². The zero-order chi connectivity index (χ0) is 11.5. The van der Waals surface area contributed by atoms with E-state index in [-0.39, 0.29) is 5.60 Å². The minimum Gasteiger partial charge on any atom is -0.470 e. The summed E-state index contributed by atoms with van der Waals surface area (Å²) in [6, 6.07) is 3.64. The third-order valence-corrected chi connectivity index (χ3v) is 1.65. The second-order valence-electron chi connectivity index (χ2n) is 4.34. The molecule has 1 heterocycles. The van der Waals surface area contributed by atoms with Gasteiger partial charge in [-0.1, -0.05) is 0 Å². The lowest BCUT2D eigenvalue weighted by molar-refractivity contribution is 0.125. The minimum absolute atomic E-state index is 0.286. The van der Waals surface area contributed by atoms with Crippen LogP contribution < -0.4 is 15.8 Å². The van der Waals surface area contributed by atoms with E-state index in [2.05, 4.69) is 10.3 Å². The predicted octanol–water partition coefficient (Wildman–Crippen LogP) is 2.27. The molecule has 84 valence electrons. The predicted molar refractivity (Wildman–Crippen MR) is 63.2 cm³/mol. The van der Waals surface area contributed by atoms with E-state index in [1.807, 2.05) is 33.8 Å². The molecule has 0 aliphatic carbocycles. The molecule has 4 heteroatoms. The Morgan fingerprint density at radius 1 is 1.40 bits per heavy atom. The Balaban J connectivity index is 2.90. The first-order valence-corrected chi connectivity index (χ1v) is 5.12. The monoisotopic (exact) mass is 209 g/mol. The van der Waals surface area contributed by atoms with Crippen molar-refractivity contribution in [2.45, 2.75) is 33.3 Å². The highest BCUT2D eigenvalue weighted by atomic mass is 16.5. The molecule has 0 saturated heterocycles. The molecular weight excluding hydrogens is 190 g/mol. The maximum Gasteiger partial charge on any atom is 0.239 e. The van der Waals surface area contributed by atoms with Gasteiger partial charge in [0.25, 0.3) is 0 Å². The lowest BCUT2D eigenvalue weighted by atomic mass is 10.2. The molecule has 3 N–H and O–H groups in total.